The minimum absolute atomic E-state index is 0.0470. The lowest BCUT2D eigenvalue weighted by Crippen LogP contribution is -2.25. The van der Waals surface area contributed by atoms with Crippen LogP contribution in [0, 0.1) is 5.82 Å². The van der Waals surface area contributed by atoms with Crippen molar-refractivity contribution in [3.8, 4) is 5.69 Å². The number of anilines is 1. The van der Waals surface area contributed by atoms with Gasteiger partial charge in [0.25, 0.3) is 5.56 Å². The van der Waals surface area contributed by atoms with Gasteiger partial charge in [-0.25, -0.2) is 9.37 Å². The minimum atomic E-state index is -0.706. The zero-order valence-electron chi connectivity index (χ0n) is 12.2. The summed E-state index contributed by atoms with van der Waals surface area (Å²) in [4.78, 5) is 17.3. The van der Waals surface area contributed by atoms with Crippen molar-refractivity contribution < 1.29 is 4.39 Å². The molecule has 1 heterocycles. The van der Waals surface area contributed by atoms with Gasteiger partial charge in [-0.2, -0.15) is 0 Å². The number of halogens is 1. The molecule has 0 fully saturated rings. The quantitative estimate of drug-likeness (QED) is 0.756. The molecule has 5 heteroatoms. The Morgan fingerprint density at radius 1 is 1.18 bits per heavy atom. The van der Waals surface area contributed by atoms with Gasteiger partial charge in [0.05, 0.1) is 16.9 Å². The Morgan fingerprint density at radius 3 is 2.59 bits per heavy atom. The first-order chi connectivity index (χ1) is 10.6. The van der Waals surface area contributed by atoms with E-state index < -0.39 is 11.4 Å². The maximum atomic E-state index is 14.3. The smallest absolute Gasteiger partial charge is 0.269 e. The number of nitrogen functional groups attached to an aromatic ring is 1. The molecular weight excluding hydrogens is 281 g/mol. The van der Waals surface area contributed by atoms with Gasteiger partial charge in [-0.05, 0) is 30.7 Å². The monoisotopic (exact) mass is 297 g/mol. The number of nitrogens with zero attached hydrogens (tertiary/aromatic N) is 2. The maximum absolute atomic E-state index is 14.3. The molecule has 0 unspecified atom stereocenters. The number of hydrogen-bond donors (Lipinski definition) is 1. The summed E-state index contributed by atoms with van der Waals surface area (Å²) >= 11 is 0. The molecule has 0 saturated heterocycles. The SMILES string of the molecule is CCCc1nc2ccc(N)c(F)c2c(=O)n1-c1ccccc1. The van der Waals surface area contributed by atoms with Crippen molar-refractivity contribution >= 4 is 16.6 Å². The lowest BCUT2D eigenvalue weighted by atomic mass is 10.2. The first-order valence-electron chi connectivity index (χ1n) is 7.18. The van der Waals surface area contributed by atoms with Crippen molar-refractivity contribution in [2.24, 2.45) is 0 Å². The molecule has 0 saturated carbocycles. The first-order valence-corrected chi connectivity index (χ1v) is 7.18. The molecule has 4 nitrogen and oxygen atoms in total. The van der Waals surface area contributed by atoms with Crippen LogP contribution in [0.4, 0.5) is 10.1 Å². The van der Waals surface area contributed by atoms with E-state index in [1.165, 1.54) is 10.6 Å². The highest BCUT2D eigenvalue weighted by Gasteiger charge is 2.16. The van der Waals surface area contributed by atoms with Crippen LogP contribution in [0.5, 0.6) is 0 Å². The zero-order chi connectivity index (χ0) is 15.7. The molecule has 0 spiro atoms. The number of aryl methyl sites for hydroxylation is 1. The van der Waals surface area contributed by atoms with Crippen LogP contribution in [-0.4, -0.2) is 9.55 Å². The van der Waals surface area contributed by atoms with Crippen molar-refractivity contribution in [3.05, 3.63) is 64.5 Å². The van der Waals surface area contributed by atoms with E-state index in [9.17, 15) is 9.18 Å². The molecule has 0 aliphatic carbocycles. The summed E-state index contributed by atoms with van der Waals surface area (Å²) in [5.41, 5.74) is 6.13. The van der Waals surface area contributed by atoms with E-state index in [-0.39, 0.29) is 11.1 Å². The van der Waals surface area contributed by atoms with Crippen molar-refractivity contribution in [3.63, 3.8) is 0 Å². The van der Waals surface area contributed by atoms with Crippen molar-refractivity contribution in [1.82, 2.24) is 9.55 Å². The van der Waals surface area contributed by atoms with Crippen LogP contribution in [-0.2, 0) is 6.42 Å². The van der Waals surface area contributed by atoms with Crippen LogP contribution in [0.1, 0.15) is 19.2 Å². The Morgan fingerprint density at radius 2 is 1.91 bits per heavy atom. The second kappa shape index (κ2) is 5.60. The number of nitrogens with two attached hydrogens (primary N) is 1. The molecule has 0 bridgehead atoms. The Labute approximate surface area is 127 Å². The highest BCUT2D eigenvalue weighted by molar-refractivity contribution is 5.82. The molecule has 112 valence electrons. The van der Waals surface area contributed by atoms with Gasteiger partial charge in [-0.1, -0.05) is 25.1 Å². The van der Waals surface area contributed by atoms with Crippen LogP contribution < -0.4 is 11.3 Å². The van der Waals surface area contributed by atoms with Crippen LogP contribution >= 0.6 is 0 Å². The van der Waals surface area contributed by atoms with Gasteiger partial charge >= 0.3 is 0 Å². The second-order valence-electron chi connectivity index (χ2n) is 5.12. The molecule has 0 atom stereocenters. The Kier molecular flexibility index (Phi) is 3.63. The molecule has 3 aromatic rings. The summed E-state index contributed by atoms with van der Waals surface area (Å²) in [6.45, 7) is 2.01. The predicted molar refractivity (Wildman–Crippen MR) is 85.7 cm³/mol. The number of para-hydroxylation sites is 1. The molecule has 0 aliphatic heterocycles. The first kappa shape index (κ1) is 14.3. The van der Waals surface area contributed by atoms with Crippen molar-refractivity contribution in [2.45, 2.75) is 19.8 Å². The molecule has 2 N–H and O–H groups in total. The molecule has 0 amide bonds. The largest absolute Gasteiger partial charge is 0.396 e. The molecule has 22 heavy (non-hydrogen) atoms. The average molecular weight is 297 g/mol. The van der Waals surface area contributed by atoms with Crippen molar-refractivity contribution in [1.29, 1.82) is 0 Å². The average Bonchev–Trinajstić information content (AvgIpc) is 2.52. The van der Waals surface area contributed by atoms with Gasteiger partial charge in [-0.15, -0.1) is 0 Å². The third kappa shape index (κ3) is 2.24. The van der Waals surface area contributed by atoms with Gasteiger partial charge in [0, 0.05) is 6.42 Å². The highest BCUT2D eigenvalue weighted by Crippen LogP contribution is 2.20. The number of fused-ring (bicyclic) bond motifs is 1. The molecular formula is C17H16FN3O. The fourth-order valence-corrected chi connectivity index (χ4v) is 2.53. The maximum Gasteiger partial charge on any atom is 0.269 e. The number of aromatic nitrogens is 2. The summed E-state index contributed by atoms with van der Waals surface area (Å²) < 4.78 is 15.8. The number of rotatable bonds is 3. The predicted octanol–water partition coefficient (Wildman–Crippen LogP) is 3.06. The number of benzene rings is 2. The second-order valence-corrected chi connectivity index (χ2v) is 5.12. The van der Waals surface area contributed by atoms with Gasteiger partial charge in [-0.3, -0.25) is 9.36 Å². The van der Waals surface area contributed by atoms with Gasteiger partial charge < -0.3 is 5.73 Å². The number of hydrogen-bond acceptors (Lipinski definition) is 3. The van der Waals surface area contributed by atoms with Gasteiger partial charge in [0.2, 0.25) is 0 Å². The zero-order valence-corrected chi connectivity index (χ0v) is 12.2. The van der Waals surface area contributed by atoms with E-state index in [1.54, 1.807) is 18.2 Å². The highest BCUT2D eigenvalue weighted by atomic mass is 19.1. The topological polar surface area (TPSA) is 60.9 Å². The molecule has 0 aliphatic rings. The van der Waals surface area contributed by atoms with E-state index in [4.69, 9.17) is 5.73 Å². The molecule has 1 aromatic heterocycles. The Balaban J connectivity index is 2.43. The van der Waals surface area contributed by atoms with Crippen LogP contribution in [0.25, 0.3) is 16.6 Å². The lowest BCUT2D eigenvalue weighted by molar-refractivity contribution is 0.640. The molecule has 3 rings (SSSR count). The van der Waals surface area contributed by atoms with E-state index in [2.05, 4.69) is 4.98 Å². The van der Waals surface area contributed by atoms with E-state index in [0.29, 0.717) is 23.4 Å². The summed E-state index contributed by atoms with van der Waals surface area (Å²) in [6, 6.07) is 12.2. The van der Waals surface area contributed by atoms with Crippen LogP contribution in [0.15, 0.2) is 47.3 Å². The van der Waals surface area contributed by atoms with E-state index in [1.807, 2.05) is 25.1 Å². The standard InChI is InChI=1S/C17H16FN3O/c1-2-6-14-20-13-10-9-12(19)16(18)15(13)17(22)21(14)11-7-4-3-5-8-11/h3-5,7-10H,2,6,19H2,1H3. The summed E-state index contributed by atoms with van der Waals surface area (Å²) in [7, 11) is 0. The summed E-state index contributed by atoms with van der Waals surface area (Å²) in [5, 5.41) is -0.0660. The third-order valence-electron chi connectivity index (χ3n) is 3.56. The van der Waals surface area contributed by atoms with E-state index >= 15 is 0 Å². The fraction of sp³-hybridized carbons (Fsp3) is 0.176. The van der Waals surface area contributed by atoms with E-state index in [0.717, 1.165) is 6.42 Å². The van der Waals surface area contributed by atoms with Crippen molar-refractivity contribution in [2.75, 3.05) is 5.73 Å². The molecule has 2 aromatic carbocycles. The lowest BCUT2D eigenvalue weighted by Gasteiger charge is -2.13. The Hall–Kier alpha value is -2.69. The third-order valence-corrected chi connectivity index (χ3v) is 3.56. The fourth-order valence-electron chi connectivity index (χ4n) is 2.53. The molecule has 0 radical (unpaired) electrons. The Bertz CT molecular complexity index is 888. The minimum Gasteiger partial charge on any atom is -0.396 e. The summed E-state index contributed by atoms with van der Waals surface area (Å²) in [5.74, 6) is -0.0851. The summed E-state index contributed by atoms with van der Waals surface area (Å²) in [6.07, 6.45) is 1.47. The van der Waals surface area contributed by atoms with Crippen LogP contribution in [0.3, 0.4) is 0 Å². The van der Waals surface area contributed by atoms with Gasteiger partial charge in [0.1, 0.15) is 11.2 Å². The normalized spacial score (nSPS) is 11.0. The van der Waals surface area contributed by atoms with Crippen LogP contribution in [0.2, 0.25) is 0 Å². The van der Waals surface area contributed by atoms with Gasteiger partial charge in [0.15, 0.2) is 5.82 Å².